The minimum Gasteiger partial charge on any atom is -0.391 e. The molecule has 0 aliphatic heterocycles. The van der Waals surface area contributed by atoms with E-state index in [1.807, 2.05) is 6.92 Å². The first-order valence-corrected chi connectivity index (χ1v) is 5.32. The maximum Gasteiger partial charge on any atom is 0.237 e. The molecule has 0 saturated carbocycles. The van der Waals surface area contributed by atoms with Crippen LogP contribution in [0.2, 0.25) is 0 Å². The van der Waals surface area contributed by atoms with Gasteiger partial charge in [-0.2, -0.15) is 0 Å². The Labute approximate surface area is 91.0 Å². The van der Waals surface area contributed by atoms with Gasteiger partial charge in [0, 0.05) is 20.3 Å². The van der Waals surface area contributed by atoms with Gasteiger partial charge in [-0.25, -0.2) is 0 Å². The Kier molecular flexibility index (Phi) is 8.27. The van der Waals surface area contributed by atoms with E-state index in [2.05, 4.69) is 5.32 Å². The second-order valence-corrected chi connectivity index (χ2v) is 3.55. The van der Waals surface area contributed by atoms with Crippen LogP contribution in [-0.2, 0) is 9.53 Å². The maximum atomic E-state index is 11.4. The highest BCUT2D eigenvalue weighted by atomic mass is 16.5. The van der Waals surface area contributed by atoms with Crippen molar-refractivity contribution in [2.45, 2.75) is 38.3 Å². The molecule has 0 spiro atoms. The van der Waals surface area contributed by atoms with Crippen molar-refractivity contribution in [3.8, 4) is 0 Å². The zero-order chi connectivity index (χ0) is 11.7. The van der Waals surface area contributed by atoms with E-state index in [0.717, 1.165) is 6.42 Å². The van der Waals surface area contributed by atoms with E-state index in [9.17, 15) is 9.90 Å². The van der Waals surface area contributed by atoms with E-state index >= 15 is 0 Å². The van der Waals surface area contributed by atoms with Crippen LogP contribution in [-0.4, -0.2) is 43.4 Å². The first-order valence-electron chi connectivity index (χ1n) is 5.32. The van der Waals surface area contributed by atoms with Crippen LogP contribution in [0, 0.1) is 0 Å². The molecule has 5 nitrogen and oxygen atoms in total. The molecule has 1 amide bonds. The number of carbonyl (C=O) groups excluding carboxylic acids is 1. The molecule has 0 bridgehead atoms. The minimum atomic E-state index is -0.510. The van der Waals surface area contributed by atoms with Crippen molar-refractivity contribution in [2.24, 2.45) is 5.73 Å². The highest BCUT2D eigenvalue weighted by molar-refractivity contribution is 5.81. The molecule has 0 saturated heterocycles. The lowest BCUT2D eigenvalue weighted by atomic mass is 10.1. The van der Waals surface area contributed by atoms with Gasteiger partial charge in [-0.3, -0.25) is 4.79 Å². The van der Waals surface area contributed by atoms with Crippen LogP contribution in [0.15, 0.2) is 0 Å². The van der Waals surface area contributed by atoms with Gasteiger partial charge < -0.3 is 20.9 Å². The van der Waals surface area contributed by atoms with Gasteiger partial charge in [0.15, 0.2) is 0 Å². The van der Waals surface area contributed by atoms with Crippen molar-refractivity contribution >= 4 is 5.91 Å². The summed E-state index contributed by atoms with van der Waals surface area (Å²) in [5.74, 6) is -0.210. The molecular weight excluding hydrogens is 196 g/mol. The van der Waals surface area contributed by atoms with Gasteiger partial charge >= 0.3 is 0 Å². The second kappa shape index (κ2) is 8.64. The van der Waals surface area contributed by atoms with Gasteiger partial charge in [0.25, 0.3) is 0 Å². The predicted octanol–water partition coefficient (Wildman–Crippen LogP) is -0.373. The Hall–Kier alpha value is -0.650. The van der Waals surface area contributed by atoms with E-state index in [1.165, 1.54) is 0 Å². The highest BCUT2D eigenvalue weighted by Gasteiger charge is 2.13. The third-order valence-electron chi connectivity index (χ3n) is 2.18. The summed E-state index contributed by atoms with van der Waals surface area (Å²) in [4.78, 5) is 11.4. The van der Waals surface area contributed by atoms with Crippen LogP contribution in [0.3, 0.4) is 0 Å². The fourth-order valence-electron chi connectivity index (χ4n) is 1.07. The van der Waals surface area contributed by atoms with Crippen molar-refractivity contribution in [2.75, 3.05) is 20.3 Å². The lowest BCUT2D eigenvalue weighted by Gasteiger charge is -2.13. The summed E-state index contributed by atoms with van der Waals surface area (Å²) in [6.45, 7) is 2.74. The molecule has 0 aromatic carbocycles. The molecule has 5 heteroatoms. The Morgan fingerprint density at radius 3 is 2.80 bits per heavy atom. The van der Waals surface area contributed by atoms with Gasteiger partial charge in [-0.15, -0.1) is 0 Å². The number of methoxy groups -OCH3 is 1. The number of rotatable bonds is 8. The zero-order valence-corrected chi connectivity index (χ0v) is 9.53. The zero-order valence-electron chi connectivity index (χ0n) is 9.53. The largest absolute Gasteiger partial charge is 0.391 e. The van der Waals surface area contributed by atoms with E-state index in [-0.39, 0.29) is 12.5 Å². The Morgan fingerprint density at radius 2 is 2.27 bits per heavy atom. The van der Waals surface area contributed by atoms with Gasteiger partial charge in [0.2, 0.25) is 5.91 Å². The monoisotopic (exact) mass is 218 g/mol. The Balaban J connectivity index is 3.60. The quantitative estimate of drug-likeness (QED) is 0.485. The van der Waals surface area contributed by atoms with E-state index in [4.69, 9.17) is 10.5 Å². The minimum absolute atomic E-state index is 0.210. The van der Waals surface area contributed by atoms with Crippen molar-refractivity contribution in [3.63, 3.8) is 0 Å². The van der Waals surface area contributed by atoms with Crippen molar-refractivity contribution in [3.05, 3.63) is 0 Å². The molecule has 2 unspecified atom stereocenters. The Bertz CT molecular complexity index is 176. The molecule has 15 heavy (non-hydrogen) atoms. The average molecular weight is 218 g/mol. The standard InChI is InChI=1S/C10H22N2O3/c1-3-8(13)7-12-10(14)9(11)5-4-6-15-2/h8-9,13H,3-7,11H2,1-2H3,(H,12,14). The third-order valence-corrected chi connectivity index (χ3v) is 2.18. The average Bonchev–Trinajstić information content (AvgIpc) is 2.25. The highest BCUT2D eigenvalue weighted by Crippen LogP contribution is 1.95. The predicted molar refractivity (Wildman–Crippen MR) is 58.4 cm³/mol. The summed E-state index contributed by atoms with van der Waals surface area (Å²) in [6.07, 6.45) is 1.50. The molecular formula is C10H22N2O3. The second-order valence-electron chi connectivity index (χ2n) is 3.55. The van der Waals surface area contributed by atoms with Crippen LogP contribution in [0.4, 0.5) is 0 Å². The number of amides is 1. The topological polar surface area (TPSA) is 84.6 Å². The third kappa shape index (κ3) is 7.30. The molecule has 0 radical (unpaired) electrons. The van der Waals surface area contributed by atoms with Gasteiger partial charge in [0.1, 0.15) is 0 Å². The molecule has 0 aliphatic rings. The maximum absolute atomic E-state index is 11.4. The number of aliphatic hydroxyl groups excluding tert-OH is 1. The van der Waals surface area contributed by atoms with Crippen LogP contribution in [0.1, 0.15) is 26.2 Å². The lowest BCUT2D eigenvalue weighted by molar-refractivity contribution is -0.123. The molecule has 2 atom stereocenters. The summed E-state index contributed by atoms with van der Waals surface area (Å²) < 4.78 is 4.86. The molecule has 0 rings (SSSR count). The van der Waals surface area contributed by atoms with Gasteiger partial charge in [-0.05, 0) is 19.3 Å². The van der Waals surface area contributed by atoms with Gasteiger partial charge in [0.05, 0.1) is 12.1 Å². The summed E-state index contributed by atoms with van der Waals surface area (Å²) >= 11 is 0. The van der Waals surface area contributed by atoms with E-state index in [1.54, 1.807) is 7.11 Å². The fourth-order valence-corrected chi connectivity index (χ4v) is 1.07. The van der Waals surface area contributed by atoms with Crippen LogP contribution in [0.25, 0.3) is 0 Å². The molecule has 0 heterocycles. The van der Waals surface area contributed by atoms with Crippen LogP contribution >= 0.6 is 0 Å². The normalized spacial score (nSPS) is 14.7. The van der Waals surface area contributed by atoms with E-state index < -0.39 is 12.1 Å². The number of carbonyl (C=O) groups is 1. The molecule has 0 aromatic heterocycles. The number of nitrogens with two attached hydrogens (primary N) is 1. The number of ether oxygens (including phenoxy) is 1. The smallest absolute Gasteiger partial charge is 0.237 e. The molecule has 0 fully saturated rings. The Morgan fingerprint density at radius 1 is 1.60 bits per heavy atom. The van der Waals surface area contributed by atoms with Crippen molar-refractivity contribution < 1.29 is 14.6 Å². The molecule has 0 aromatic rings. The van der Waals surface area contributed by atoms with Gasteiger partial charge in [-0.1, -0.05) is 6.92 Å². The summed E-state index contributed by atoms with van der Waals surface area (Å²) in [7, 11) is 1.61. The molecule has 4 N–H and O–H groups in total. The number of nitrogens with one attached hydrogen (secondary N) is 1. The van der Waals surface area contributed by atoms with Crippen LogP contribution in [0.5, 0.6) is 0 Å². The molecule has 0 aliphatic carbocycles. The first-order chi connectivity index (χ1) is 7.11. The summed E-state index contributed by atoms with van der Waals surface area (Å²) in [6, 6.07) is -0.510. The summed E-state index contributed by atoms with van der Waals surface area (Å²) in [5.41, 5.74) is 5.64. The van der Waals surface area contributed by atoms with Crippen molar-refractivity contribution in [1.82, 2.24) is 5.32 Å². The lowest BCUT2D eigenvalue weighted by Crippen LogP contribution is -2.43. The number of hydrogen-bond donors (Lipinski definition) is 3. The number of hydrogen-bond acceptors (Lipinski definition) is 4. The molecule has 90 valence electrons. The number of aliphatic hydroxyl groups is 1. The van der Waals surface area contributed by atoms with E-state index in [0.29, 0.717) is 19.4 Å². The SMILES string of the molecule is CCC(O)CNC(=O)C(N)CCCOC. The fraction of sp³-hybridized carbons (Fsp3) is 0.900. The van der Waals surface area contributed by atoms with Crippen LogP contribution < -0.4 is 11.1 Å². The summed E-state index contributed by atoms with van der Waals surface area (Å²) in [5, 5.41) is 11.8. The first kappa shape index (κ1) is 14.3. The van der Waals surface area contributed by atoms with Crippen molar-refractivity contribution in [1.29, 1.82) is 0 Å².